The number of hydrogen-bond donors (Lipinski definition) is 0. The Hall–Kier alpha value is -1.10. The Morgan fingerprint density at radius 2 is 1.22 bits per heavy atom. The Labute approximate surface area is 188 Å². The third kappa shape index (κ3) is 10.7. The zero-order valence-electron chi connectivity index (χ0n) is 15.1. The smallest absolute Gasteiger partial charge is 0.174 e. The van der Waals surface area contributed by atoms with E-state index >= 15 is 0 Å². The van der Waals surface area contributed by atoms with Gasteiger partial charge in [0.25, 0.3) is 0 Å². The first-order chi connectivity index (χ1) is 12.5. The molecule has 0 atom stereocenters. The van der Waals surface area contributed by atoms with E-state index in [2.05, 4.69) is 45.5 Å². The van der Waals surface area contributed by atoms with Crippen molar-refractivity contribution in [3.8, 4) is 0 Å². The monoisotopic (exact) mass is 491 g/mol. The van der Waals surface area contributed by atoms with Gasteiger partial charge in [-0.25, -0.2) is 0 Å². The second kappa shape index (κ2) is 14.9. The van der Waals surface area contributed by atoms with Crippen molar-refractivity contribution < 1.29 is 25.9 Å². The fourth-order valence-corrected chi connectivity index (χ4v) is 1.72. The summed E-state index contributed by atoms with van der Waals surface area (Å²) in [6.45, 7) is 3.67. The summed E-state index contributed by atoms with van der Waals surface area (Å²) in [6, 6.07) is 7.31. The molecule has 0 aliphatic heterocycles. The molecule has 151 valence electrons. The average Bonchev–Trinajstić information content (AvgIpc) is 3.37. The van der Waals surface area contributed by atoms with Crippen molar-refractivity contribution in [3.63, 3.8) is 0 Å². The first-order valence-electron chi connectivity index (χ1n) is 7.26. The van der Waals surface area contributed by atoms with Crippen LogP contribution in [0, 0.1) is 0 Å². The first-order valence-corrected chi connectivity index (χ1v) is 10.6. The van der Waals surface area contributed by atoms with Crippen molar-refractivity contribution in [2.45, 2.75) is 13.8 Å². The molecule has 0 bridgehead atoms. The topological polar surface area (TPSA) is 79.2 Å². The van der Waals surface area contributed by atoms with Crippen LogP contribution in [0.2, 0.25) is 0 Å². The van der Waals surface area contributed by atoms with E-state index in [1.807, 2.05) is 50.6 Å². The van der Waals surface area contributed by atoms with E-state index in [1.165, 1.54) is 23.5 Å². The van der Waals surface area contributed by atoms with Crippen LogP contribution in [0.4, 0.5) is 0 Å². The number of thioether (sulfide) groups is 2. The largest absolute Gasteiger partial charge is 0.519 e. The Morgan fingerprint density at radius 1 is 0.852 bits per heavy atom. The average molecular weight is 492 g/mol. The van der Waals surface area contributed by atoms with Gasteiger partial charge in [-0.15, -0.1) is 0 Å². The molecular formula is C16H20CuN4O2S4. The summed E-state index contributed by atoms with van der Waals surface area (Å²) in [6.07, 6.45) is 7.00. The van der Waals surface area contributed by atoms with E-state index in [9.17, 15) is 0 Å². The number of hydrogen-bond acceptors (Lipinski definition) is 6. The first kappa shape index (κ1) is 25.9. The maximum absolute atomic E-state index is 5.13. The zero-order chi connectivity index (χ0) is 19.4. The summed E-state index contributed by atoms with van der Waals surface area (Å²) >= 11 is 11.0. The number of rotatable bonds is 4. The molecule has 1 radical (unpaired) electrons. The van der Waals surface area contributed by atoms with Crippen LogP contribution in [0.25, 0.3) is 10.9 Å². The van der Waals surface area contributed by atoms with Gasteiger partial charge in [-0.1, -0.05) is 23.5 Å². The summed E-state index contributed by atoms with van der Waals surface area (Å²) in [7, 11) is 0. The van der Waals surface area contributed by atoms with Crippen LogP contribution in [0.1, 0.15) is 25.4 Å². The molecule has 0 amide bonds. The second-order valence-corrected chi connectivity index (χ2v) is 7.54. The minimum Gasteiger partial charge on any atom is -0.519 e. The third-order valence-corrected chi connectivity index (χ3v) is 4.86. The maximum atomic E-state index is 5.13. The molecule has 0 saturated carbocycles. The van der Waals surface area contributed by atoms with Crippen LogP contribution in [0.3, 0.4) is 0 Å². The summed E-state index contributed by atoms with van der Waals surface area (Å²) in [5.41, 5.74) is 9.22. The summed E-state index contributed by atoms with van der Waals surface area (Å²) in [5, 5.41) is 7.90. The van der Waals surface area contributed by atoms with E-state index in [4.69, 9.17) is 8.83 Å². The van der Waals surface area contributed by atoms with Crippen molar-refractivity contribution in [2.75, 3.05) is 12.5 Å². The normalized spacial score (nSPS) is 11.0. The van der Waals surface area contributed by atoms with Crippen LogP contribution >= 0.6 is 23.5 Å². The Kier molecular flexibility index (Phi) is 14.3. The van der Waals surface area contributed by atoms with Gasteiger partial charge in [0.2, 0.25) is 0 Å². The number of nitrogens with zero attached hydrogens (tertiary/aromatic N) is 4. The molecule has 0 saturated heterocycles. The molecular weight excluding hydrogens is 472 g/mol. The standard InChI is InChI=1S/2C8H10N2OS2.Cu/c2*1-6(7-4-3-5-11-7)9-10-8(12)13-2;/h2*3-5H,1-2H3,(H,10,12);. The van der Waals surface area contributed by atoms with Crippen molar-refractivity contribution in [2.24, 2.45) is 10.2 Å². The summed E-state index contributed by atoms with van der Waals surface area (Å²) < 4.78 is 11.5. The van der Waals surface area contributed by atoms with E-state index in [-0.39, 0.29) is 17.1 Å². The predicted octanol–water partition coefficient (Wildman–Crippen LogP) is 4.21. The molecule has 0 aromatic carbocycles. The van der Waals surface area contributed by atoms with Gasteiger partial charge in [0.15, 0.2) is 33.1 Å². The van der Waals surface area contributed by atoms with E-state index in [0.29, 0.717) is 8.64 Å². The van der Waals surface area contributed by atoms with Crippen LogP contribution < -0.4 is 0 Å². The Balaban J connectivity index is 0.000000483. The maximum Gasteiger partial charge on any atom is 0.174 e. The molecule has 11 heteroatoms. The van der Waals surface area contributed by atoms with E-state index in [1.54, 1.807) is 12.5 Å². The van der Waals surface area contributed by atoms with Crippen molar-refractivity contribution in [1.29, 1.82) is 0 Å². The van der Waals surface area contributed by atoms with Gasteiger partial charge in [-0.05, 0) is 50.6 Å². The molecule has 0 fully saturated rings. The number of thiol groups is 2. The molecule has 0 N–H and O–H groups in total. The molecule has 2 aromatic heterocycles. The van der Waals surface area contributed by atoms with Crippen molar-refractivity contribution in [1.82, 2.24) is 0 Å². The van der Waals surface area contributed by atoms with Crippen LogP contribution in [0.5, 0.6) is 0 Å². The molecule has 2 aromatic rings. The second-order valence-electron chi connectivity index (χ2n) is 4.50. The fourth-order valence-electron chi connectivity index (χ4n) is 1.38. The van der Waals surface area contributed by atoms with Crippen LogP contribution in [0.15, 0.2) is 55.8 Å². The Morgan fingerprint density at radius 3 is 1.48 bits per heavy atom. The summed E-state index contributed by atoms with van der Waals surface area (Å²) in [5.74, 6) is 1.46. The van der Waals surface area contributed by atoms with Crippen molar-refractivity contribution >= 4 is 68.0 Å². The van der Waals surface area contributed by atoms with Gasteiger partial charge in [-0.3, -0.25) is 0 Å². The fraction of sp³-hybridized carbons (Fsp3) is 0.250. The van der Waals surface area contributed by atoms with Crippen LogP contribution in [-0.4, -0.2) is 32.6 Å². The Bertz CT molecular complexity index is 682. The minimum atomic E-state index is 0. The molecule has 0 unspecified atom stereocenters. The predicted molar refractivity (Wildman–Crippen MR) is 123 cm³/mol. The summed E-state index contributed by atoms with van der Waals surface area (Å²) in [4.78, 5) is 0. The van der Waals surface area contributed by atoms with Crippen LogP contribution in [-0.2, 0) is 41.5 Å². The van der Waals surface area contributed by atoms with Gasteiger partial charge >= 0.3 is 0 Å². The zero-order valence-corrected chi connectivity index (χ0v) is 19.4. The molecule has 2 heterocycles. The van der Waals surface area contributed by atoms with Gasteiger partial charge < -0.3 is 29.9 Å². The quantitative estimate of drug-likeness (QED) is 0.160. The van der Waals surface area contributed by atoms with Gasteiger partial charge in [-0.2, -0.15) is 0 Å². The SMILES string of the molecule is CSC(=[SH+])[N-]N=C(C)c1ccco1.CSC(=[SH+])[N-]N=C(C)c1ccco1.[Cu]. The number of furan rings is 2. The molecule has 0 aliphatic rings. The van der Waals surface area contributed by atoms with Gasteiger partial charge in [0, 0.05) is 17.1 Å². The van der Waals surface area contributed by atoms with Crippen molar-refractivity contribution in [3.05, 3.63) is 59.2 Å². The van der Waals surface area contributed by atoms with E-state index < -0.39 is 0 Å². The van der Waals surface area contributed by atoms with Gasteiger partial charge in [0.05, 0.1) is 23.9 Å². The van der Waals surface area contributed by atoms with E-state index in [0.717, 1.165) is 22.9 Å². The molecule has 0 spiro atoms. The molecule has 2 rings (SSSR count). The molecule has 27 heavy (non-hydrogen) atoms. The third-order valence-electron chi connectivity index (χ3n) is 2.69. The van der Waals surface area contributed by atoms with Gasteiger partial charge in [0.1, 0.15) is 11.5 Å². The molecule has 6 nitrogen and oxygen atoms in total. The molecule has 0 aliphatic carbocycles. The minimum absolute atomic E-state index is 0.